The average molecular weight is 294 g/mol. The molecule has 0 aromatic heterocycles. The highest BCUT2D eigenvalue weighted by molar-refractivity contribution is 5.31. The van der Waals surface area contributed by atoms with Gasteiger partial charge in [-0.1, -0.05) is 12.2 Å². The second kappa shape index (κ2) is 5.34. The number of hydrogen-bond acceptors (Lipinski definition) is 5. The minimum absolute atomic E-state index is 0.0352. The number of rotatable bonds is 3. The highest BCUT2D eigenvalue weighted by Crippen LogP contribution is 2.42. The van der Waals surface area contributed by atoms with Gasteiger partial charge in [-0.3, -0.25) is 0 Å². The minimum atomic E-state index is -1.19. The van der Waals surface area contributed by atoms with E-state index in [0.717, 1.165) is 12.8 Å². The molecule has 0 amide bonds. The van der Waals surface area contributed by atoms with Crippen LogP contribution in [0.3, 0.4) is 0 Å². The molecule has 0 radical (unpaired) electrons. The third kappa shape index (κ3) is 2.20. The van der Waals surface area contributed by atoms with Crippen LogP contribution in [0, 0.1) is 5.92 Å². The van der Waals surface area contributed by atoms with E-state index in [1.54, 1.807) is 38.5 Å². The molecule has 1 N–H and O–H groups in total. The fourth-order valence-corrected chi connectivity index (χ4v) is 3.26. The van der Waals surface area contributed by atoms with Crippen LogP contribution in [0.4, 0.5) is 0 Å². The summed E-state index contributed by atoms with van der Waals surface area (Å²) in [5.74, 6) is -2.35. The first kappa shape index (κ1) is 14.9. The first-order valence-corrected chi connectivity index (χ1v) is 7.28. The van der Waals surface area contributed by atoms with Crippen LogP contribution >= 0.6 is 0 Å². The summed E-state index contributed by atoms with van der Waals surface area (Å²) in [4.78, 5) is 0. The van der Waals surface area contributed by atoms with Crippen LogP contribution in [0.25, 0.3) is 0 Å². The standard InChI is InChI=1S/C16H22O5/c1-18-15-9-7-14(17,13-5-3-4-6-13)8-10-16(15,19-2)21-12-11-20-15/h3,5,7-10,13,17H,4,6,11-12H2,1-2H3/t13?,15-,16-/m0/s1. The highest BCUT2D eigenvalue weighted by atomic mass is 16.8. The van der Waals surface area contributed by atoms with E-state index in [2.05, 4.69) is 6.08 Å². The smallest absolute Gasteiger partial charge is 0.248 e. The molecule has 1 fully saturated rings. The Hall–Kier alpha value is -0.980. The van der Waals surface area contributed by atoms with Crippen molar-refractivity contribution in [1.29, 1.82) is 0 Å². The van der Waals surface area contributed by atoms with Gasteiger partial charge in [0.25, 0.3) is 0 Å². The molecule has 1 heterocycles. The van der Waals surface area contributed by atoms with Crippen molar-refractivity contribution in [2.45, 2.75) is 30.0 Å². The predicted octanol–water partition coefficient (Wildman–Crippen LogP) is 1.54. The molecular weight excluding hydrogens is 272 g/mol. The van der Waals surface area contributed by atoms with Crippen molar-refractivity contribution in [1.82, 2.24) is 0 Å². The number of ether oxygens (including phenoxy) is 4. The number of allylic oxidation sites excluding steroid dienone is 1. The van der Waals surface area contributed by atoms with Gasteiger partial charge in [-0.2, -0.15) is 0 Å². The lowest BCUT2D eigenvalue weighted by molar-refractivity contribution is -0.389. The van der Waals surface area contributed by atoms with Crippen molar-refractivity contribution in [2.24, 2.45) is 5.92 Å². The zero-order valence-corrected chi connectivity index (χ0v) is 12.5. The van der Waals surface area contributed by atoms with Crippen LogP contribution < -0.4 is 0 Å². The van der Waals surface area contributed by atoms with E-state index in [9.17, 15) is 5.11 Å². The number of fused-ring (bicyclic) bond motifs is 1. The van der Waals surface area contributed by atoms with Crippen LogP contribution in [0.2, 0.25) is 0 Å². The van der Waals surface area contributed by atoms with Crippen LogP contribution in [0.1, 0.15) is 12.8 Å². The van der Waals surface area contributed by atoms with Crippen molar-refractivity contribution in [3.8, 4) is 0 Å². The first-order chi connectivity index (χ1) is 10.1. The zero-order chi connectivity index (χ0) is 15.0. The fourth-order valence-electron chi connectivity index (χ4n) is 3.26. The second-order valence-corrected chi connectivity index (χ2v) is 5.61. The van der Waals surface area contributed by atoms with Gasteiger partial charge in [0.05, 0.1) is 13.2 Å². The average Bonchev–Trinajstić information content (AvgIpc) is 3.02. The molecule has 0 bridgehead atoms. The van der Waals surface area contributed by atoms with Crippen LogP contribution in [0.5, 0.6) is 0 Å². The lowest BCUT2D eigenvalue weighted by Crippen LogP contribution is -2.61. The van der Waals surface area contributed by atoms with Crippen molar-refractivity contribution >= 4 is 0 Å². The SMILES string of the molecule is CO[C@]12C=CC(O)(C3C=CCC3)C=C[C@]1(OC)OCCO2. The summed E-state index contributed by atoms with van der Waals surface area (Å²) < 4.78 is 22.8. The Kier molecular flexibility index (Phi) is 3.80. The maximum absolute atomic E-state index is 11.0. The van der Waals surface area contributed by atoms with Crippen LogP contribution in [-0.2, 0) is 18.9 Å². The molecule has 116 valence electrons. The quantitative estimate of drug-likeness (QED) is 0.800. The monoisotopic (exact) mass is 294 g/mol. The third-order valence-corrected chi connectivity index (χ3v) is 4.55. The van der Waals surface area contributed by atoms with E-state index in [1.807, 2.05) is 6.08 Å². The topological polar surface area (TPSA) is 57.2 Å². The predicted molar refractivity (Wildman–Crippen MR) is 76.5 cm³/mol. The summed E-state index contributed by atoms with van der Waals surface area (Å²) in [6.07, 6.45) is 12.9. The van der Waals surface area contributed by atoms with E-state index >= 15 is 0 Å². The molecule has 0 saturated carbocycles. The molecule has 0 spiro atoms. The van der Waals surface area contributed by atoms with E-state index < -0.39 is 17.2 Å². The highest BCUT2D eigenvalue weighted by Gasteiger charge is 2.57. The van der Waals surface area contributed by atoms with E-state index in [1.165, 1.54) is 0 Å². The number of methoxy groups -OCH3 is 2. The van der Waals surface area contributed by atoms with Crippen molar-refractivity contribution in [3.63, 3.8) is 0 Å². The molecule has 1 unspecified atom stereocenters. The summed E-state index contributed by atoms with van der Waals surface area (Å²) in [5.41, 5.74) is -1.09. The Labute approximate surface area is 124 Å². The number of aliphatic hydroxyl groups is 1. The Morgan fingerprint density at radius 2 is 1.57 bits per heavy atom. The maximum atomic E-state index is 11.0. The molecule has 0 aromatic carbocycles. The maximum Gasteiger partial charge on any atom is 0.248 e. The molecule has 5 nitrogen and oxygen atoms in total. The number of hydrogen-bond donors (Lipinski definition) is 1. The third-order valence-electron chi connectivity index (χ3n) is 4.55. The summed E-state index contributed by atoms with van der Waals surface area (Å²) in [6.45, 7) is 0.803. The van der Waals surface area contributed by atoms with E-state index in [-0.39, 0.29) is 5.92 Å². The molecule has 1 aliphatic heterocycles. The normalized spacial score (nSPS) is 41.0. The van der Waals surface area contributed by atoms with Gasteiger partial charge in [0.15, 0.2) is 0 Å². The Morgan fingerprint density at radius 1 is 1.00 bits per heavy atom. The molecule has 5 heteroatoms. The van der Waals surface area contributed by atoms with Crippen LogP contribution in [-0.4, -0.2) is 49.7 Å². The van der Waals surface area contributed by atoms with Crippen LogP contribution in [0.15, 0.2) is 36.5 Å². The zero-order valence-electron chi connectivity index (χ0n) is 12.5. The van der Waals surface area contributed by atoms with E-state index in [4.69, 9.17) is 18.9 Å². The Bertz CT molecular complexity index is 453. The molecule has 21 heavy (non-hydrogen) atoms. The Balaban J connectivity index is 2.03. The lowest BCUT2D eigenvalue weighted by Gasteiger charge is -2.46. The molecule has 3 atom stereocenters. The van der Waals surface area contributed by atoms with Gasteiger partial charge < -0.3 is 24.1 Å². The van der Waals surface area contributed by atoms with Gasteiger partial charge in [-0.15, -0.1) is 0 Å². The Morgan fingerprint density at radius 3 is 2.00 bits per heavy atom. The lowest BCUT2D eigenvalue weighted by atomic mass is 9.86. The van der Waals surface area contributed by atoms with Crippen molar-refractivity contribution < 1.29 is 24.1 Å². The summed E-state index contributed by atoms with van der Waals surface area (Å²) >= 11 is 0. The fraction of sp³-hybridized carbons (Fsp3) is 0.625. The van der Waals surface area contributed by atoms with Gasteiger partial charge in [0.1, 0.15) is 5.60 Å². The van der Waals surface area contributed by atoms with Gasteiger partial charge in [0, 0.05) is 20.1 Å². The molecule has 3 rings (SSSR count). The first-order valence-electron chi connectivity index (χ1n) is 7.28. The van der Waals surface area contributed by atoms with Gasteiger partial charge in [0.2, 0.25) is 11.6 Å². The second-order valence-electron chi connectivity index (χ2n) is 5.61. The van der Waals surface area contributed by atoms with Gasteiger partial charge in [-0.05, 0) is 37.1 Å². The molecule has 2 aliphatic carbocycles. The molecule has 0 aromatic rings. The summed E-state index contributed by atoms with van der Waals surface area (Å²) in [5, 5.41) is 11.0. The minimum Gasteiger partial charge on any atom is -0.381 e. The van der Waals surface area contributed by atoms with Crippen molar-refractivity contribution in [2.75, 3.05) is 27.4 Å². The summed E-state index contributed by atoms with van der Waals surface area (Å²) in [6, 6.07) is 0. The van der Waals surface area contributed by atoms with Gasteiger partial charge >= 0.3 is 0 Å². The van der Waals surface area contributed by atoms with E-state index in [0.29, 0.717) is 13.2 Å². The largest absolute Gasteiger partial charge is 0.381 e. The molecule has 3 aliphatic rings. The molecular formula is C16H22O5. The van der Waals surface area contributed by atoms with Crippen molar-refractivity contribution in [3.05, 3.63) is 36.5 Å². The van der Waals surface area contributed by atoms with Gasteiger partial charge in [-0.25, -0.2) is 0 Å². The molecule has 1 saturated heterocycles. The summed E-state index contributed by atoms with van der Waals surface area (Å²) in [7, 11) is 3.08.